The van der Waals surface area contributed by atoms with Crippen LogP contribution in [0.2, 0.25) is 0 Å². The number of nitrogens with one attached hydrogen (secondary N) is 1. The molecule has 0 fully saturated rings. The van der Waals surface area contributed by atoms with E-state index in [-0.39, 0.29) is 5.91 Å². The fourth-order valence-electron chi connectivity index (χ4n) is 2.16. The summed E-state index contributed by atoms with van der Waals surface area (Å²) >= 11 is 0. The lowest BCUT2D eigenvalue weighted by Crippen LogP contribution is -2.25. The minimum Gasteiger partial charge on any atom is -0.493 e. The number of ether oxygens (including phenoxy) is 1. The highest BCUT2D eigenvalue weighted by Crippen LogP contribution is 2.13. The number of carbonyl (C=O) groups excluding carboxylic acids is 1. The molecule has 1 heterocycles. The van der Waals surface area contributed by atoms with E-state index in [4.69, 9.17) is 11.2 Å². The van der Waals surface area contributed by atoms with Crippen LogP contribution < -0.4 is 10.1 Å². The minimum atomic E-state index is -0.140. The van der Waals surface area contributed by atoms with Crippen LogP contribution >= 0.6 is 0 Å². The molecule has 5 nitrogen and oxygen atoms in total. The zero-order valence-electron chi connectivity index (χ0n) is 13.5. The van der Waals surface area contributed by atoms with E-state index in [1.54, 1.807) is 11.7 Å². The first-order chi connectivity index (χ1) is 11.1. The Morgan fingerprint density at radius 2 is 2.26 bits per heavy atom. The SMILES string of the molecule is C#CCCOc1cccc(CNC(=O)c2cc(CC)nn2C)c1. The molecule has 120 valence electrons. The van der Waals surface area contributed by atoms with Crippen molar-refractivity contribution in [2.45, 2.75) is 26.3 Å². The molecule has 1 N–H and O–H groups in total. The van der Waals surface area contributed by atoms with Gasteiger partial charge in [-0.2, -0.15) is 5.10 Å². The molecule has 0 aliphatic heterocycles. The summed E-state index contributed by atoms with van der Waals surface area (Å²) in [7, 11) is 1.77. The Labute approximate surface area is 136 Å². The van der Waals surface area contributed by atoms with E-state index >= 15 is 0 Å². The average molecular weight is 311 g/mol. The fraction of sp³-hybridized carbons (Fsp3) is 0.333. The predicted molar refractivity (Wildman–Crippen MR) is 89.1 cm³/mol. The Morgan fingerprint density at radius 3 is 2.96 bits per heavy atom. The first kappa shape index (κ1) is 16.6. The lowest BCUT2D eigenvalue weighted by molar-refractivity contribution is 0.0941. The number of carbonyl (C=O) groups is 1. The van der Waals surface area contributed by atoms with Crippen LogP contribution in [0.3, 0.4) is 0 Å². The number of aromatic nitrogens is 2. The van der Waals surface area contributed by atoms with Gasteiger partial charge in [-0.05, 0) is 30.2 Å². The van der Waals surface area contributed by atoms with Gasteiger partial charge in [0.1, 0.15) is 11.4 Å². The third-order valence-electron chi connectivity index (χ3n) is 3.39. The van der Waals surface area contributed by atoms with E-state index in [9.17, 15) is 4.79 Å². The molecule has 1 aromatic carbocycles. The van der Waals surface area contributed by atoms with Crippen LogP contribution in [0.15, 0.2) is 30.3 Å². The van der Waals surface area contributed by atoms with Crippen LogP contribution in [0.1, 0.15) is 35.1 Å². The Bertz CT molecular complexity index is 713. The van der Waals surface area contributed by atoms with Gasteiger partial charge in [-0.15, -0.1) is 12.3 Å². The largest absolute Gasteiger partial charge is 0.493 e. The summed E-state index contributed by atoms with van der Waals surface area (Å²) in [5.74, 6) is 3.14. The van der Waals surface area contributed by atoms with Gasteiger partial charge in [0.15, 0.2) is 0 Å². The smallest absolute Gasteiger partial charge is 0.269 e. The predicted octanol–water partition coefficient (Wildman–Crippen LogP) is 2.31. The molecule has 0 atom stereocenters. The number of aryl methyl sites for hydroxylation is 2. The number of nitrogens with zero attached hydrogens (tertiary/aromatic N) is 2. The van der Waals surface area contributed by atoms with E-state index in [2.05, 4.69) is 16.3 Å². The molecule has 2 rings (SSSR count). The number of benzene rings is 1. The maximum absolute atomic E-state index is 12.2. The van der Waals surface area contributed by atoms with Gasteiger partial charge in [-0.3, -0.25) is 9.48 Å². The first-order valence-electron chi connectivity index (χ1n) is 7.60. The van der Waals surface area contributed by atoms with Crippen LogP contribution in [0.25, 0.3) is 0 Å². The molecule has 1 amide bonds. The zero-order chi connectivity index (χ0) is 16.7. The van der Waals surface area contributed by atoms with E-state index in [0.717, 1.165) is 23.4 Å². The van der Waals surface area contributed by atoms with Gasteiger partial charge < -0.3 is 10.1 Å². The second-order valence-electron chi connectivity index (χ2n) is 5.13. The highest BCUT2D eigenvalue weighted by atomic mass is 16.5. The highest BCUT2D eigenvalue weighted by Gasteiger charge is 2.12. The van der Waals surface area contributed by atoms with Crippen molar-refractivity contribution in [2.75, 3.05) is 6.61 Å². The highest BCUT2D eigenvalue weighted by molar-refractivity contribution is 5.92. The Balaban J connectivity index is 1.94. The second-order valence-corrected chi connectivity index (χ2v) is 5.13. The van der Waals surface area contributed by atoms with Crippen molar-refractivity contribution >= 4 is 5.91 Å². The molecule has 1 aromatic heterocycles. The van der Waals surface area contributed by atoms with E-state index in [1.807, 2.05) is 37.3 Å². The van der Waals surface area contributed by atoms with Gasteiger partial charge in [0.2, 0.25) is 0 Å². The average Bonchev–Trinajstić information content (AvgIpc) is 2.94. The van der Waals surface area contributed by atoms with Crippen molar-refractivity contribution in [2.24, 2.45) is 7.05 Å². The molecule has 0 aliphatic rings. The molecule has 0 radical (unpaired) electrons. The Hall–Kier alpha value is -2.74. The van der Waals surface area contributed by atoms with Crippen molar-refractivity contribution in [3.8, 4) is 18.1 Å². The topological polar surface area (TPSA) is 56.1 Å². The van der Waals surface area contributed by atoms with Gasteiger partial charge in [0.05, 0.1) is 12.3 Å². The van der Waals surface area contributed by atoms with E-state index in [0.29, 0.717) is 25.3 Å². The number of hydrogen-bond donors (Lipinski definition) is 1. The van der Waals surface area contributed by atoms with Gasteiger partial charge in [0.25, 0.3) is 5.91 Å². The third-order valence-corrected chi connectivity index (χ3v) is 3.39. The number of rotatable bonds is 7. The second kappa shape index (κ2) is 8.04. The Kier molecular flexibility index (Phi) is 5.81. The Morgan fingerprint density at radius 1 is 1.43 bits per heavy atom. The summed E-state index contributed by atoms with van der Waals surface area (Å²) in [5, 5.41) is 7.18. The summed E-state index contributed by atoms with van der Waals surface area (Å²) in [4.78, 5) is 12.2. The van der Waals surface area contributed by atoms with Crippen molar-refractivity contribution < 1.29 is 9.53 Å². The molecule has 2 aromatic rings. The monoisotopic (exact) mass is 311 g/mol. The molecule has 0 spiro atoms. The van der Waals surface area contributed by atoms with Gasteiger partial charge in [-0.25, -0.2) is 0 Å². The van der Waals surface area contributed by atoms with Crippen molar-refractivity contribution in [3.05, 3.63) is 47.3 Å². The van der Waals surface area contributed by atoms with Crippen LogP contribution in [0, 0.1) is 12.3 Å². The van der Waals surface area contributed by atoms with Crippen LogP contribution in [-0.4, -0.2) is 22.3 Å². The van der Waals surface area contributed by atoms with Gasteiger partial charge in [0, 0.05) is 20.0 Å². The third kappa shape index (κ3) is 4.62. The summed E-state index contributed by atoms with van der Waals surface area (Å²) in [6, 6.07) is 9.42. The molecule has 0 unspecified atom stereocenters. The quantitative estimate of drug-likeness (QED) is 0.630. The summed E-state index contributed by atoms with van der Waals surface area (Å²) in [5.41, 5.74) is 2.43. The number of terminal acetylenes is 1. The first-order valence-corrected chi connectivity index (χ1v) is 7.60. The molecule has 0 saturated heterocycles. The molecular formula is C18H21N3O2. The zero-order valence-corrected chi connectivity index (χ0v) is 13.5. The number of amides is 1. The maximum atomic E-state index is 12.2. The normalized spacial score (nSPS) is 10.1. The van der Waals surface area contributed by atoms with Gasteiger partial charge in [-0.1, -0.05) is 19.1 Å². The maximum Gasteiger partial charge on any atom is 0.269 e. The molecule has 0 bridgehead atoms. The van der Waals surface area contributed by atoms with Crippen LogP contribution in [0.5, 0.6) is 5.75 Å². The fourth-order valence-corrected chi connectivity index (χ4v) is 2.16. The van der Waals surface area contributed by atoms with E-state index in [1.165, 1.54) is 0 Å². The summed E-state index contributed by atoms with van der Waals surface area (Å²) < 4.78 is 7.15. The lowest BCUT2D eigenvalue weighted by Gasteiger charge is -2.08. The van der Waals surface area contributed by atoms with Gasteiger partial charge >= 0.3 is 0 Å². The van der Waals surface area contributed by atoms with Crippen molar-refractivity contribution in [1.29, 1.82) is 0 Å². The molecule has 0 aliphatic carbocycles. The molecule has 0 saturated carbocycles. The van der Waals surface area contributed by atoms with Crippen LogP contribution in [-0.2, 0) is 20.0 Å². The summed E-state index contributed by atoms with van der Waals surface area (Å²) in [6.45, 7) is 2.93. The molecule has 23 heavy (non-hydrogen) atoms. The van der Waals surface area contributed by atoms with Crippen molar-refractivity contribution in [1.82, 2.24) is 15.1 Å². The lowest BCUT2D eigenvalue weighted by atomic mass is 10.2. The number of hydrogen-bond acceptors (Lipinski definition) is 3. The van der Waals surface area contributed by atoms with Crippen molar-refractivity contribution in [3.63, 3.8) is 0 Å². The standard InChI is InChI=1S/C18H21N3O2/c1-4-6-10-23-16-9-7-8-14(11-16)13-19-18(22)17-12-15(5-2)20-21(17)3/h1,7-9,11-12H,5-6,10,13H2,2-3H3,(H,19,22). The van der Waals surface area contributed by atoms with E-state index < -0.39 is 0 Å². The molecular weight excluding hydrogens is 290 g/mol. The molecule has 5 heteroatoms. The van der Waals surface area contributed by atoms with Crippen LogP contribution in [0.4, 0.5) is 0 Å². The minimum absolute atomic E-state index is 0.140. The summed E-state index contributed by atoms with van der Waals surface area (Å²) in [6.07, 6.45) is 6.57.